The van der Waals surface area contributed by atoms with Crippen LogP contribution in [0.3, 0.4) is 0 Å². The molecule has 0 rings (SSSR count). The Hall–Kier alpha value is -1.64. The number of allylic oxidation sites excluding steroid dienone is 4. The Kier molecular flexibility index (Phi) is 7.05. The van der Waals surface area contributed by atoms with E-state index in [1.54, 1.807) is 18.2 Å². The van der Waals surface area contributed by atoms with Gasteiger partial charge in [0.2, 0.25) is 0 Å². The van der Waals surface area contributed by atoms with Crippen LogP contribution in [0.15, 0.2) is 37.0 Å². The van der Waals surface area contributed by atoms with Gasteiger partial charge >= 0.3 is 5.97 Å². The predicted octanol–water partition coefficient (Wildman–Crippen LogP) is 1.81. The summed E-state index contributed by atoms with van der Waals surface area (Å²) in [6.07, 6.45) is 7.67. The van der Waals surface area contributed by atoms with Crippen molar-refractivity contribution in [2.75, 3.05) is 6.61 Å². The third-order valence-corrected chi connectivity index (χ3v) is 1.27. The third-order valence-electron chi connectivity index (χ3n) is 1.27. The molecule has 0 aromatic carbocycles. The maximum atomic E-state index is 11.0. The maximum Gasteiger partial charge on any atom is 0.313 e. The van der Waals surface area contributed by atoms with Crippen LogP contribution in [0.2, 0.25) is 0 Å². The Balaban J connectivity index is 3.82. The van der Waals surface area contributed by atoms with Gasteiger partial charge in [-0.05, 0) is 13.0 Å². The molecule has 0 amide bonds. The number of hydrogen-bond donors (Lipinski definition) is 0. The molecule has 0 radical (unpaired) electrons. The van der Waals surface area contributed by atoms with Crippen molar-refractivity contribution in [3.05, 3.63) is 37.0 Å². The summed E-state index contributed by atoms with van der Waals surface area (Å²) in [5.74, 6) is -0.794. The van der Waals surface area contributed by atoms with E-state index in [0.717, 1.165) is 0 Å². The van der Waals surface area contributed by atoms with Gasteiger partial charge in [-0.25, -0.2) is 0 Å². The molecule has 0 spiro atoms. The first-order valence-corrected chi connectivity index (χ1v) is 4.29. The zero-order chi connectivity index (χ0) is 10.8. The second-order valence-electron chi connectivity index (χ2n) is 2.50. The van der Waals surface area contributed by atoms with Gasteiger partial charge in [0.15, 0.2) is 5.78 Å². The Labute approximate surface area is 83.8 Å². The molecule has 14 heavy (non-hydrogen) atoms. The fourth-order valence-corrected chi connectivity index (χ4v) is 0.678. The Morgan fingerprint density at radius 1 is 1.36 bits per heavy atom. The monoisotopic (exact) mass is 194 g/mol. The summed E-state index contributed by atoms with van der Waals surface area (Å²) in [6.45, 7) is 5.37. The van der Waals surface area contributed by atoms with E-state index in [-0.39, 0.29) is 18.8 Å². The molecule has 0 aliphatic heterocycles. The molecule has 0 unspecified atom stereocenters. The average Bonchev–Trinajstić information content (AvgIpc) is 2.15. The molecule has 0 saturated carbocycles. The number of ether oxygens (including phenoxy) is 1. The molecule has 0 saturated heterocycles. The summed E-state index contributed by atoms with van der Waals surface area (Å²) >= 11 is 0. The van der Waals surface area contributed by atoms with Gasteiger partial charge in [0, 0.05) is 0 Å². The Morgan fingerprint density at radius 3 is 2.64 bits per heavy atom. The highest BCUT2D eigenvalue weighted by atomic mass is 16.5. The van der Waals surface area contributed by atoms with Crippen molar-refractivity contribution < 1.29 is 14.3 Å². The van der Waals surface area contributed by atoms with Gasteiger partial charge in [-0.15, -0.1) is 0 Å². The number of esters is 1. The molecule has 0 atom stereocenters. The first-order valence-electron chi connectivity index (χ1n) is 4.29. The molecule has 3 nitrogen and oxygen atoms in total. The van der Waals surface area contributed by atoms with E-state index in [4.69, 9.17) is 0 Å². The van der Waals surface area contributed by atoms with Crippen LogP contribution >= 0.6 is 0 Å². The van der Waals surface area contributed by atoms with Gasteiger partial charge in [-0.2, -0.15) is 0 Å². The van der Waals surface area contributed by atoms with Crippen LogP contribution < -0.4 is 0 Å². The molecular weight excluding hydrogens is 180 g/mol. The molecule has 0 fully saturated rings. The Bertz CT molecular complexity index is 262. The fourth-order valence-electron chi connectivity index (χ4n) is 0.678. The van der Waals surface area contributed by atoms with Gasteiger partial charge < -0.3 is 4.74 Å². The molecule has 0 heterocycles. The number of hydrogen-bond acceptors (Lipinski definition) is 3. The number of ketones is 1. The summed E-state index contributed by atoms with van der Waals surface area (Å²) in [4.78, 5) is 21.9. The molecule has 0 aromatic rings. The zero-order valence-corrected chi connectivity index (χ0v) is 8.23. The number of rotatable bonds is 6. The molecule has 0 N–H and O–H groups in total. The summed E-state index contributed by atoms with van der Waals surface area (Å²) in [6, 6.07) is 0. The van der Waals surface area contributed by atoms with Gasteiger partial charge in [0.05, 0.1) is 0 Å². The number of carbonyl (C=O) groups is 2. The van der Waals surface area contributed by atoms with E-state index in [2.05, 4.69) is 11.3 Å². The minimum atomic E-state index is -0.528. The van der Waals surface area contributed by atoms with Gasteiger partial charge in [0.1, 0.15) is 13.0 Å². The van der Waals surface area contributed by atoms with Crippen molar-refractivity contribution in [1.29, 1.82) is 0 Å². The fraction of sp³-hybridized carbons (Fsp3) is 0.273. The van der Waals surface area contributed by atoms with Crippen LogP contribution in [-0.2, 0) is 14.3 Å². The SMILES string of the molecule is C=CCOC(=O)CC(=O)/C=C/C=C/C. The molecule has 3 heteroatoms. The second kappa shape index (κ2) is 7.98. The Morgan fingerprint density at radius 2 is 2.07 bits per heavy atom. The van der Waals surface area contributed by atoms with Gasteiger partial charge in [-0.1, -0.05) is 30.9 Å². The van der Waals surface area contributed by atoms with Crippen molar-refractivity contribution >= 4 is 11.8 Å². The van der Waals surface area contributed by atoms with E-state index in [9.17, 15) is 9.59 Å². The number of carbonyl (C=O) groups excluding carboxylic acids is 2. The van der Waals surface area contributed by atoms with Crippen molar-refractivity contribution in [2.45, 2.75) is 13.3 Å². The van der Waals surface area contributed by atoms with Crippen molar-refractivity contribution in [3.63, 3.8) is 0 Å². The van der Waals surface area contributed by atoms with Crippen LogP contribution in [0.1, 0.15) is 13.3 Å². The summed E-state index contributed by atoms with van der Waals surface area (Å²) < 4.78 is 4.64. The zero-order valence-electron chi connectivity index (χ0n) is 8.23. The van der Waals surface area contributed by atoms with Crippen LogP contribution in [0, 0.1) is 0 Å². The average molecular weight is 194 g/mol. The second-order valence-corrected chi connectivity index (χ2v) is 2.50. The molecule has 0 aliphatic carbocycles. The molecule has 0 aromatic heterocycles. The van der Waals surface area contributed by atoms with Crippen LogP contribution in [0.25, 0.3) is 0 Å². The first-order chi connectivity index (χ1) is 6.70. The minimum absolute atomic E-state index is 0.144. The topological polar surface area (TPSA) is 43.4 Å². The standard InChI is InChI=1S/C11H14O3/c1-3-5-6-7-10(12)9-11(13)14-8-4-2/h3-7H,2,8-9H2,1H3/b5-3+,7-6+. The van der Waals surface area contributed by atoms with Crippen molar-refractivity contribution in [2.24, 2.45) is 0 Å². The van der Waals surface area contributed by atoms with Gasteiger partial charge in [-0.3, -0.25) is 9.59 Å². The molecule has 76 valence electrons. The third kappa shape index (κ3) is 7.03. The van der Waals surface area contributed by atoms with E-state index in [1.807, 2.05) is 6.92 Å². The van der Waals surface area contributed by atoms with Crippen molar-refractivity contribution in [3.8, 4) is 0 Å². The highest BCUT2D eigenvalue weighted by Gasteiger charge is 2.06. The van der Waals surface area contributed by atoms with E-state index in [1.165, 1.54) is 12.2 Å². The predicted molar refractivity (Wildman–Crippen MR) is 54.7 cm³/mol. The van der Waals surface area contributed by atoms with Crippen molar-refractivity contribution in [1.82, 2.24) is 0 Å². The summed E-state index contributed by atoms with van der Waals surface area (Å²) in [7, 11) is 0. The lowest BCUT2D eigenvalue weighted by atomic mass is 10.2. The lowest BCUT2D eigenvalue weighted by Crippen LogP contribution is -2.09. The first kappa shape index (κ1) is 12.4. The highest BCUT2D eigenvalue weighted by Crippen LogP contribution is 1.91. The molecule has 0 bridgehead atoms. The molecule has 0 aliphatic rings. The van der Waals surface area contributed by atoms with Crippen LogP contribution in [-0.4, -0.2) is 18.4 Å². The maximum absolute atomic E-state index is 11.0. The van der Waals surface area contributed by atoms with E-state index >= 15 is 0 Å². The van der Waals surface area contributed by atoms with E-state index < -0.39 is 5.97 Å². The highest BCUT2D eigenvalue weighted by molar-refractivity contribution is 6.02. The smallest absolute Gasteiger partial charge is 0.313 e. The quantitative estimate of drug-likeness (QED) is 0.213. The molecular formula is C11H14O3. The van der Waals surface area contributed by atoms with E-state index in [0.29, 0.717) is 0 Å². The van der Waals surface area contributed by atoms with Crippen LogP contribution in [0.5, 0.6) is 0 Å². The van der Waals surface area contributed by atoms with Crippen LogP contribution in [0.4, 0.5) is 0 Å². The minimum Gasteiger partial charge on any atom is -0.461 e. The normalized spacial score (nSPS) is 10.6. The largest absolute Gasteiger partial charge is 0.461 e. The summed E-state index contributed by atoms with van der Waals surface area (Å²) in [5, 5.41) is 0. The summed E-state index contributed by atoms with van der Waals surface area (Å²) in [5.41, 5.74) is 0. The van der Waals surface area contributed by atoms with Gasteiger partial charge in [0.25, 0.3) is 0 Å². The lowest BCUT2D eigenvalue weighted by molar-refractivity contribution is -0.144. The lowest BCUT2D eigenvalue weighted by Gasteiger charge is -1.97.